The second-order valence-corrected chi connectivity index (χ2v) is 8.05. The van der Waals surface area contributed by atoms with E-state index in [0.717, 1.165) is 28.8 Å². The van der Waals surface area contributed by atoms with Crippen LogP contribution in [-0.2, 0) is 16.0 Å². The minimum absolute atomic E-state index is 0.0870. The highest BCUT2D eigenvalue weighted by Crippen LogP contribution is 2.38. The molecule has 0 aliphatic carbocycles. The zero-order valence-electron chi connectivity index (χ0n) is 18.7. The number of hydrogen-bond acceptors (Lipinski definition) is 5. The summed E-state index contributed by atoms with van der Waals surface area (Å²) in [6, 6.07) is 23.0. The van der Waals surface area contributed by atoms with Crippen LogP contribution in [0.1, 0.15) is 40.9 Å². The summed E-state index contributed by atoms with van der Waals surface area (Å²) in [7, 11) is 0. The highest BCUT2D eigenvalue weighted by atomic mass is 16.5. The molecule has 33 heavy (non-hydrogen) atoms. The molecule has 1 amide bonds. The lowest BCUT2D eigenvalue weighted by molar-refractivity contribution is -0.110. The number of nitrogens with one attached hydrogen (secondary N) is 2. The number of carbonyl (C=O) groups is 2. The molecule has 4 rings (SSSR count). The molecule has 1 unspecified atom stereocenters. The Kier molecular flexibility index (Phi) is 6.56. The number of hydrogen-bond donors (Lipinski definition) is 3. The Morgan fingerprint density at radius 1 is 1.03 bits per heavy atom. The molecule has 0 fully saturated rings. The third-order valence-electron chi connectivity index (χ3n) is 5.37. The normalized spacial score (nSPS) is 14.8. The lowest BCUT2D eigenvalue weighted by atomic mass is 9.99. The van der Waals surface area contributed by atoms with Gasteiger partial charge in [-0.1, -0.05) is 48.5 Å². The molecule has 0 saturated carbocycles. The van der Waals surface area contributed by atoms with Crippen molar-refractivity contribution in [2.45, 2.75) is 26.3 Å². The van der Waals surface area contributed by atoms with Crippen molar-refractivity contribution in [3.63, 3.8) is 0 Å². The quantitative estimate of drug-likeness (QED) is 0.365. The molecule has 6 heteroatoms. The largest absolute Gasteiger partial charge is 0.462 e. The lowest BCUT2D eigenvalue weighted by Gasteiger charge is -2.15. The predicted octanol–water partition coefficient (Wildman–Crippen LogP) is 4.69. The van der Waals surface area contributed by atoms with Crippen LogP contribution in [-0.4, -0.2) is 24.5 Å². The van der Waals surface area contributed by atoms with Crippen molar-refractivity contribution in [1.29, 1.82) is 0 Å². The van der Waals surface area contributed by atoms with Crippen LogP contribution in [0.4, 0.5) is 11.4 Å². The van der Waals surface area contributed by atoms with Gasteiger partial charge in [0.15, 0.2) is 0 Å². The number of amides is 1. The van der Waals surface area contributed by atoms with Gasteiger partial charge in [0.1, 0.15) is 0 Å². The van der Waals surface area contributed by atoms with E-state index in [1.807, 2.05) is 61.5 Å². The minimum Gasteiger partial charge on any atom is -0.462 e. The summed E-state index contributed by atoms with van der Waals surface area (Å²) in [5, 5.41) is 6.34. The smallest absolute Gasteiger partial charge is 0.338 e. The van der Waals surface area contributed by atoms with Crippen molar-refractivity contribution in [3.8, 4) is 0 Å². The van der Waals surface area contributed by atoms with Crippen LogP contribution in [0.5, 0.6) is 0 Å². The summed E-state index contributed by atoms with van der Waals surface area (Å²) in [5.74, 6) is -0.647. The zero-order chi connectivity index (χ0) is 23.4. The van der Waals surface area contributed by atoms with Gasteiger partial charge in [0.25, 0.3) is 5.91 Å². The molecule has 168 valence electrons. The number of ether oxygens (including phenoxy) is 1. The molecule has 6 nitrogen and oxygen atoms in total. The monoisotopic (exact) mass is 441 g/mol. The first-order chi connectivity index (χ1) is 16.0. The van der Waals surface area contributed by atoms with Gasteiger partial charge in [-0.3, -0.25) is 4.79 Å². The topological polar surface area (TPSA) is 93.4 Å². The molecule has 0 bridgehead atoms. The van der Waals surface area contributed by atoms with E-state index in [2.05, 4.69) is 10.6 Å². The number of rotatable bonds is 7. The van der Waals surface area contributed by atoms with E-state index in [1.54, 1.807) is 25.1 Å². The zero-order valence-corrected chi connectivity index (χ0v) is 18.7. The van der Waals surface area contributed by atoms with E-state index >= 15 is 0 Å². The molecule has 0 radical (unpaired) electrons. The molecule has 4 N–H and O–H groups in total. The highest BCUT2D eigenvalue weighted by molar-refractivity contribution is 6.37. The van der Waals surface area contributed by atoms with E-state index in [4.69, 9.17) is 10.5 Å². The molecule has 3 aromatic rings. The maximum atomic E-state index is 13.1. The molecule has 1 atom stereocenters. The van der Waals surface area contributed by atoms with Crippen LogP contribution in [0.15, 0.2) is 72.8 Å². The number of esters is 1. The Morgan fingerprint density at radius 2 is 1.76 bits per heavy atom. The summed E-state index contributed by atoms with van der Waals surface area (Å²) >= 11 is 0. The summed E-state index contributed by atoms with van der Waals surface area (Å²) in [6.45, 7) is 4.03. The van der Waals surface area contributed by atoms with Gasteiger partial charge in [0, 0.05) is 17.3 Å². The first-order valence-corrected chi connectivity index (χ1v) is 11.0. The number of anilines is 2. The Hall–Kier alpha value is -3.90. The van der Waals surface area contributed by atoms with Gasteiger partial charge in [-0.05, 0) is 55.7 Å². The molecule has 0 saturated heterocycles. The maximum Gasteiger partial charge on any atom is 0.338 e. The van der Waals surface area contributed by atoms with Crippen LogP contribution in [0, 0.1) is 0 Å². The van der Waals surface area contributed by atoms with Crippen LogP contribution in [0.2, 0.25) is 0 Å². The first-order valence-electron chi connectivity index (χ1n) is 11.0. The number of fused-ring (bicyclic) bond motifs is 1. The molecule has 1 heterocycles. The van der Waals surface area contributed by atoms with Crippen molar-refractivity contribution in [1.82, 2.24) is 0 Å². The molecule has 0 aromatic heterocycles. The summed E-state index contributed by atoms with van der Waals surface area (Å²) in [4.78, 5) is 25.2. The van der Waals surface area contributed by atoms with Crippen LogP contribution >= 0.6 is 0 Å². The average Bonchev–Trinajstić information content (AvgIpc) is 3.13. The predicted molar refractivity (Wildman–Crippen MR) is 132 cm³/mol. The van der Waals surface area contributed by atoms with Gasteiger partial charge in [-0.2, -0.15) is 0 Å². The third kappa shape index (κ3) is 4.96. The van der Waals surface area contributed by atoms with Crippen LogP contribution in [0.3, 0.4) is 0 Å². The van der Waals surface area contributed by atoms with E-state index in [0.29, 0.717) is 29.1 Å². The fourth-order valence-electron chi connectivity index (χ4n) is 3.89. The standard InChI is InChI=1S/C27H27N3O3/c1-3-33-27(32)20-11-14-22-23(16-20)30-26(31)24(22)25(19-7-5-4-6-8-19)29-21-12-9-18(10-13-21)15-17(2)28/h4-14,16-17,29H,3,15,28H2,1-2H3,(H,30,31). The van der Waals surface area contributed by atoms with Crippen molar-refractivity contribution in [3.05, 3.63) is 95.1 Å². The van der Waals surface area contributed by atoms with Gasteiger partial charge >= 0.3 is 5.97 Å². The van der Waals surface area contributed by atoms with E-state index in [1.165, 1.54) is 0 Å². The third-order valence-corrected chi connectivity index (χ3v) is 5.37. The van der Waals surface area contributed by atoms with E-state index in [-0.39, 0.29) is 11.9 Å². The second kappa shape index (κ2) is 9.71. The highest BCUT2D eigenvalue weighted by Gasteiger charge is 2.29. The van der Waals surface area contributed by atoms with Gasteiger partial charge < -0.3 is 21.1 Å². The number of nitrogens with two attached hydrogens (primary N) is 1. The molecule has 0 spiro atoms. The Balaban J connectivity index is 1.76. The van der Waals surface area contributed by atoms with Gasteiger partial charge in [-0.25, -0.2) is 4.79 Å². The van der Waals surface area contributed by atoms with Crippen molar-refractivity contribution >= 4 is 34.5 Å². The molecular formula is C27H27N3O3. The van der Waals surface area contributed by atoms with Crippen LogP contribution < -0.4 is 16.4 Å². The lowest BCUT2D eigenvalue weighted by Crippen LogP contribution is -2.17. The van der Waals surface area contributed by atoms with Gasteiger partial charge in [0.05, 0.1) is 29.1 Å². The first kappa shape index (κ1) is 22.3. The van der Waals surface area contributed by atoms with Crippen molar-refractivity contribution < 1.29 is 14.3 Å². The Morgan fingerprint density at radius 3 is 2.42 bits per heavy atom. The Bertz CT molecular complexity index is 1200. The van der Waals surface area contributed by atoms with E-state index in [9.17, 15) is 9.59 Å². The van der Waals surface area contributed by atoms with Crippen molar-refractivity contribution in [2.75, 3.05) is 17.2 Å². The summed E-state index contributed by atoms with van der Waals surface area (Å²) < 4.78 is 5.09. The second-order valence-electron chi connectivity index (χ2n) is 8.05. The minimum atomic E-state index is -0.416. The summed E-state index contributed by atoms with van der Waals surface area (Å²) in [6.07, 6.45) is 0.797. The summed E-state index contributed by atoms with van der Waals surface area (Å²) in [5.41, 5.74) is 11.7. The average molecular weight is 442 g/mol. The SMILES string of the molecule is CCOC(=O)c1ccc2c(c1)NC(=O)C2=C(Nc1ccc(CC(C)N)cc1)c1ccccc1. The molecular weight excluding hydrogens is 414 g/mol. The van der Waals surface area contributed by atoms with E-state index < -0.39 is 5.97 Å². The Labute approximate surface area is 193 Å². The van der Waals surface area contributed by atoms with Gasteiger partial charge in [0.2, 0.25) is 0 Å². The molecule has 1 aliphatic heterocycles. The molecule has 3 aromatic carbocycles. The maximum absolute atomic E-state index is 13.1. The number of carbonyl (C=O) groups excluding carboxylic acids is 2. The fraction of sp³-hybridized carbons (Fsp3) is 0.185. The fourth-order valence-corrected chi connectivity index (χ4v) is 3.89. The van der Waals surface area contributed by atoms with Crippen LogP contribution in [0.25, 0.3) is 11.3 Å². The number of benzene rings is 3. The molecule has 1 aliphatic rings. The van der Waals surface area contributed by atoms with Gasteiger partial charge in [-0.15, -0.1) is 0 Å². The van der Waals surface area contributed by atoms with Crippen molar-refractivity contribution in [2.24, 2.45) is 5.73 Å².